The number of nitrogens with zero attached hydrogens (tertiary/aromatic N) is 3. The topological polar surface area (TPSA) is 196 Å². The number of alkyl carbamates (subject to hydrolysis) is 3. The normalized spacial score (nSPS) is 23.8. The Labute approximate surface area is 593 Å². The Morgan fingerprint density at radius 1 is 0.480 bits per heavy atom. The van der Waals surface area contributed by atoms with E-state index in [0.29, 0.717) is 61.2 Å². The second kappa shape index (κ2) is 33.1. The smallest absolute Gasteiger partial charge is 0.407 e. The second-order valence-corrected chi connectivity index (χ2v) is 27.7. The molecule has 0 saturated heterocycles. The number of ether oxygens (including phenoxy) is 3. The van der Waals surface area contributed by atoms with Crippen LogP contribution in [0.5, 0.6) is 0 Å². The molecule has 3 saturated carbocycles. The Kier molecular flexibility index (Phi) is 22.8. The number of hydrogen-bond donors (Lipinski definition) is 4. The van der Waals surface area contributed by atoms with E-state index < -0.39 is 0 Å². The van der Waals surface area contributed by atoms with E-state index in [-0.39, 0.29) is 65.7 Å². The lowest BCUT2D eigenvalue weighted by Crippen LogP contribution is -2.44. The summed E-state index contributed by atoms with van der Waals surface area (Å²) in [5, 5.41) is 9.10. The molecule has 528 valence electrons. The van der Waals surface area contributed by atoms with Crippen LogP contribution < -0.4 is 16.0 Å². The van der Waals surface area contributed by atoms with Crippen LogP contribution in [-0.4, -0.2) is 76.2 Å². The number of rotatable bonds is 15. The van der Waals surface area contributed by atoms with Gasteiger partial charge in [-0.05, 0) is 252 Å². The van der Waals surface area contributed by atoms with Gasteiger partial charge in [0, 0.05) is 88.6 Å². The van der Waals surface area contributed by atoms with Gasteiger partial charge in [-0.1, -0.05) is 72.8 Å². The van der Waals surface area contributed by atoms with E-state index in [2.05, 4.69) is 84.5 Å². The highest BCUT2D eigenvalue weighted by Crippen LogP contribution is 2.51. The van der Waals surface area contributed by atoms with Crippen molar-refractivity contribution in [3.63, 3.8) is 0 Å². The number of benzene rings is 3. The number of halogens is 3. The molecule has 0 bridgehead atoms. The summed E-state index contributed by atoms with van der Waals surface area (Å²) < 4.78 is 67.4. The number of amides is 3. The molecule has 6 aliphatic rings. The van der Waals surface area contributed by atoms with E-state index in [1.807, 2.05) is 94.1 Å². The fourth-order valence-corrected chi connectivity index (χ4v) is 16.7. The number of aromatic nitrogens is 4. The van der Waals surface area contributed by atoms with Crippen LogP contribution in [0.1, 0.15) is 147 Å². The van der Waals surface area contributed by atoms with Crippen molar-refractivity contribution in [2.45, 2.75) is 134 Å². The first-order chi connectivity index (χ1) is 49.8. The Morgan fingerprint density at radius 3 is 1.33 bits per heavy atom. The zero-order valence-electron chi connectivity index (χ0n) is 57.8. The minimum atomic E-state index is -0.324. The molecule has 6 heterocycles. The molecule has 102 heavy (non-hydrogen) atoms. The highest BCUT2D eigenvalue weighted by molar-refractivity contribution is 5.69. The van der Waals surface area contributed by atoms with Crippen LogP contribution in [0.3, 0.4) is 0 Å². The zero-order chi connectivity index (χ0) is 70.5. The first-order valence-electron chi connectivity index (χ1n) is 36.1. The molecule has 3 aromatic carbocycles. The predicted octanol–water partition coefficient (Wildman–Crippen LogP) is 18.8. The number of furan rings is 2. The van der Waals surface area contributed by atoms with Crippen LogP contribution in [-0.2, 0) is 33.5 Å². The molecule has 9 aromatic rings. The number of fused-ring (bicyclic) bond motifs is 6. The van der Waals surface area contributed by atoms with Crippen LogP contribution in [0, 0.1) is 53.0 Å². The van der Waals surface area contributed by atoms with Gasteiger partial charge >= 0.3 is 18.3 Å². The highest BCUT2D eigenvalue weighted by atomic mass is 19.1. The lowest BCUT2D eigenvalue weighted by Gasteiger charge is -2.43. The van der Waals surface area contributed by atoms with E-state index in [1.165, 1.54) is 64.3 Å². The summed E-state index contributed by atoms with van der Waals surface area (Å²) in [6.45, 7) is 6.61. The summed E-state index contributed by atoms with van der Waals surface area (Å²) >= 11 is 0. The number of aromatic amines is 1. The lowest BCUT2D eigenvalue weighted by atomic mass is 9.63. The van der Waals surface area contributed by atoms with Crippen molar-refractivity contribution in [3.05, 3.63) is 251 Å². The van der Waals surface area contributed by atoms with Crippen LogP contribution >= 0.6 is 0 Å². The molecule has 3 fully saturated rings. The standard InChI is InChI=1S/C28H30FN3O2.2C28H29FN2O3/c1-2-34-28(33)32-23-9-10-24-20(15-23)16-27-26(12-13-30-27)25(24)11-8-22-7-6-19(17-31-22)18-4-3-5-21(29)14-18;1-2-34-28(32)31-24-9-10-25-20(14-24)12-21-16-33-17-27(21)26(25)11-8-23-7-6-19(15-30-23)18-4-3-5-22(29)13-18;1-2-33-28(32)31-24-9-10-25-21(16-24)14-19-12-13-34-27(19)26(25)11-8-23-7-6-20(17-30-23)18-4-3-5-22(29)15-18/h3-8,11-14,17,20,23-25,30H,2,9-10,15-16H2,1H3,(H,32,33);3-8,11,13,15-17,20,24-26H,2,9-10,12,14H2,1H3,(H,31,32);3-8,11-13,15,17,21,24-26H,2,9-10,14,16H2,1H3,(H,31,32)/b3*11-8+/t20-,23+,24+,25-;20-,24-,25-,26+;21-,24-,25-,26+/m011/s1. The molecule has 0 aliphatic heterocycles. The van der Waals surface area contributed by atoms with Crippen LogP contribution in [0.2, 0.25) is 0 Å². The Bertz CT molecular complexity index is 3950. The van der Waals surface area contributed by atoms with Crippen molar-refractivity contribution in [1.29, 1.82) is 0 Å². The van der Waals surface area contributed by atoms with Crippen LogP contribution in [0.4, 0.5) is 27.6 Å². The summed E-state index contributed by atoms with van der Waals surface area (Å²) in [6, 6.07) is 36.2. The minimum Gasteiger partial charge on any atom is -0.472 e. The highest BCUT2D eigenvalue weighted by Gasteiger charge is 2.44. The van der Waals surface area contributed by atoms with Crippen molar-refractivity contribution < 1.29 is 50.6 Å². The zero-order valence-corrected chi connectivity index (χ0v) is 57.8. The number of H-pyrrole nitrogens is 1. The van der Waals surface area contributed by atoms with E-state index in [4.69, 9.17) is 23.0 Å². The van der Waals surface area contributed by atoms with E-state index in [9.17, 15) is 27.6 Å². The van der Waals surface area contributed by atoms with Crippen LogP contribution in [0.15, 0.2) is 192 Å². The molecule has 0 radical (unpaired) electrons. The van der Waals surface area contributed by atoms with Gasteiger partial charge in [-0.2, -0.15) is 0 Å². The number of carbonyl (C=O) groups excluding carboxylic acids is 3. The number of hydrogen-bond acceptors (Lipinski definition) is 11. The van der Waals surface area contributed by atoms with Crippen molar-refractivity contribution >= 4 is 36.5 Å². The fraction of sp³-hybridized carbons (Fsp3) is 0.357. The van der Waals surface area contributed by atoms with E-state index in [0.717, 1.165) is 133 Å². The lowest BCUT2D eigenvalue weighted by molar-refractivity contribution is 0.126. The molecule has 0 spiro atoms. The number of pyridine rings is 3. The molecule has 4 N–H and O–H groups in total. The maximum atomic E-state index is 13.5. The number of carbonyl (C=O) groups is 3. The molecule has 6 aromatic heterocycles. The number of allylic oxidation sites excluding steroid dienone is 3. The summed E-state index contributed by atoms with van der Waals surface area (Å²) in [4.78, 5) is 52.9. The van der Waals surface area contributed by atoms with Crippen molar-refractivity contribution in [2.75, 3.05) is 19.8 Å². The summed E-state index contributed by atoms with van der Waals surface area (Å²) in [7, 11) is 0. The van der Waals surface area contributed by atoms with Gasteiger partial charge in [-0.15, -0.1) is 0 Å². The van der Waals surface area contributed by atoms with Gasteiger partial charge < -0.3 is 44.0 Å². The summed E-state index contributed by atoms with van der Waals surface area (Å²) in [5.41, 5.74) is 14.1. The summed E-state index contributed by atoms with van der Waals surface area (Å²) in [6.07, 6.45) is 36.7. The maximum Gasteiger partial charge on any atom is 0.407 e. The van der Waals surface area contributed by atoms with Gasteiger partial charge in [0.05, 0.1) is 55.7 Å². The van der Waals surface area contributed by atoms with Gasteiger partial charge in [0.15, 0.2) is 0 Å². The third-order valence-corrected chi connectivity index (χ3v) is 21.4. The van der Waals surface area contributed by atoms with Crippen molar-refractivity contribution in [1.82, 2.24) is 35.9 Å². The SMILES string of the molecule is CCOC(=O)N[C@@H]1CC[C@@H]2[C@H](Cc3[nH]ccc3[C@H]2/C=C/c2ccc(-c3cccc(F)c3)cn2)C1.CCOC(=O)N[C@@H]1CC[C@@H]2[C@H](Cc3ccoc3[C@H]2/C=C/c2ccc(-c3cccc(F)c3)cn2)C1.CCOC(=O)N[C@@H]1CC[C@@H]2[C@H](Cc3cocc3[C@H]2/C=C/c2ccc(-c3cccc(F)c3)cn2)C1. The van der Waals surface area contributed by atoms with Gasteiger partial charge in [-0.25, -0.2) is 27.6 Å². The monoisotopic (exact) mass is 1380 g/mol. The molecule has 12 atom stereocenters. The first-order valence-corrected chi connectivity index (χ1v) is 36.1. The molecule has 0 unspecified atom stereocenters. The van der Waals surface area contributed by atoms with Gasteiger partial charge in [-0.3, -0.25) is 15.0 Å². The predicted molar refractivity (Wildman–Crippen MR) is 388 cm³/mol. The van der Waals surface area contributed by atoms with Crippen molar-refractivity contribution in [3.8, 4) is 33.4 Å². The molecule has 15 nitrogen and oxygen atoms in total. The summed E-state index contributed by atoms with van der Waals surface area (Å²) in [5.74, 6) is 3.98. The second-order valence-electron chi connectivity index (χ2n) is 27.7. The molecule has 18 heteroatoms. The third-order valence-electron chi connectivity index (χ3n) is 21.4. The maximum absolute atomic E-state index is 13.5. The fourth-order valence-electron chi connectivity index (χ4n) is 16.7. The van der Waals surface area contributed by atoms with Gasteiger partial charge in [0.25, 0.3) is 0 Å². The third kappa shape index (κ3) is 17.2. The number of nitrogens with one attached hydrogen (secondary N) is 4. The minimum absolute atomic E-state index is 0.149. The Balaban J connectivity index is 0.000000137. The Hall–Kier alpha value is -10.2. The molecule has 3 amide bonds. The average Bonchev–Trinajstić information content (AvgIpc) is 1.29. The Morgan fingerprint density at radius 2 is 0.902 bits per heavy atom. The van der Waals surface area contributed by atoms with E-state index in [1.54, 1.807) is 43.1 Å². The molecular weight excluding hydrogens is 1290 g/mol. The largest absolute Gasteiger partial charge is 0.472 e. The molecule has 6 aliphatic carbocycles. The van der Waals surface area contributed by atoms with Crippen molar-refractivity contribution in [2.24, 2.45) is 35.5 Å². The average molecular weight is 1380 g/mol. The van der Waals surface area contributed by atoms with Gasteiger partial charge in [0.1, 0.15) is 23.2 Å². The quantitative estimate of drug-likeness (QED) is 0.0713. The van der Waals surface area contributed by atoms with Gasteiger partial charge in [0.2, 0.25) is 0 Å². The first kappa shape index (κ1) is 70.2. The van der Waals surface area contributed by atoms with E-state index >= 15 is 0 Å². The molecular formula is C84H88F3N7O8. The van der Waals surface area contributed by atoms with Crippen LogP contribution in [0.25, 0.3) is 51.6 Å². The molecule has 15 rings (SSSR count).